The number of anilines is 1. The summed E-state index contributed by atoms with van der Waals surface area (Å²) in [6, 6.07) is 11.0. The molecule has 2 amide bonds. The van der Waals surface area contributed by atoms with Crippen molar-refractivity contribution in [1.82, 2.24) is 9.80 Å². The van der Waals surface area contributed by atoms with Crippen LogP contribution in [0.1, 0.15) is 46.2 Å². The molecule has 1 aromatic heterocycles. The summed E-state index contributed by atoms with van der Waals surface area (Å²) in [5, 5.41) is 1.90. The number of rotatable bonds is 4. The molecule has 1 aromatic carbocycles. The molecule has 6 nitrogen and oxygen atoms in total. The molecule has 0 spiro atoms. The fourth-order valence-electron chi connectivity index (χ4n) is 4.28. The van der Waals surface area contributed by atoms with E-state index in [4.69, 9.17) is 0 Å². The van der Waals surface area contributed by atoms with E-state index in [1.807, 2.05) is 46.7 Å². The van der Waals surface area contributed by atoms with Crippen molar-refractivity contribution in [3.63, 3.8) is 0 Å². The fourth-order valence-corrected chi connectivity index (χ4v) is 4.95. The van der Waals surface area contributed by atoms with Gasteiger partial charge in [-0.05, 0) is 61.9 Å². The first kappa shape index (κ1) is 20.6. The molecule has 0 radical (unpaired) electrons. The number of thiophene rings is 1. The summed E-state index contributed by atoms with van der Waals surface area (Å²) in [4.78, 5) is 44.3. The Labute approximate surface area is 181 Å². The lowest BCUT2D eigenvalue weighted by atomic mass is 10.00. The van der Waals surface area contributed by atoms with Crippen molar-refractivity contribution in [2.75, 3.05) is 37.6 Å². The Morgan fingerprint density at radius 1 is 0.933 bits per heavy atom. The molecule has 2 saturated heterocycles. The Balaban J connectivity index is 1.39. The zero-order valence-corrected chi connectivity index (χ0v) is 18.1. The van der Waals surface area contributed by atoms with E-state index >= 15 is 0 Å². The molecule has 2 aromatic rings. The largest absolute Gasteiger partial charge is 0.368 e. The third-order valence-electron chi connectivity index (χ3n) is 6.01. The van der Waals surface area contributed by atoms with Crippen LogP contribution in [0.3, 0.4) is 0 Å². The van der Waals surface area contributed by atoms with Gasteiger partial charge in [0.05, 0.1) is 4.88 Å². The predicted octanol–water partition coefficient (Wildman–Crippen LogP) is 3.29. The van der Waals surface area contributed by atoms with E-state index in [0.29, 0.717) is 30.1 Å². The number of amides is 2. The highest BCUT2D eigenvalue weighted by molar-refractivity contribution is 7.12. The second kappa shape index (κ2) is 9.00. The number of carbonyl (C=O) groups is 3. The number of likely N-dealkylation sites (tertiary alicyclic amines) is 1. The Morgan fingerprint density at radius 2 is 1.67 bits per heavy atom. The minimum absolute atomic E-state index is 0.0211. The molecule has 0 aliphatic carbocycles. The average Bonchev–Trinajstić information content (AvgIpc) is 3.33. The summed E-state index contributed by atoms with van der Waals surface area (Å²) in [7, 11) is 0. The number of carbonyl (C=O) groups excluding carboxylic acids is 3. The molecule has 2 aliphatic rings. The summed E-state index contributed by atoms with van der Waals surface area (Å²) in [6.07, 6.45) is 2.67. The summed E-state index contributed by atoms with van der Waals surface area (Å²) in [5.74, 6) is 0.115. The SMILES string of the molecule is CC(=O)c1ccc(N2CCN(C(=O)C3CCCCN3C(=O)c3cccs3)CC2)cc1. The van der Waals surface area contributed by atoms with Crippen LogP contribution < -0.4 is 4.90 Å². The van der Waals surface area contributed by atoms with Crippen molar-refractivity contribution < 1.29 is 14.4 Å². The molecule has 1 atom stereocenters. The lowest BCUT2D eigenvalue weighted by Crippen LogP contribution is -2.57. The van der Waals surface area contributed by atoms with Gasteiger partial charge in [-0.25, -0.2) is 0 Å². The maximum atomic E-state index is 13.3. The Kier molecular flexibility index (Phi) is 6.18. The van der Waals surface area contributed by atoms with Crippen molar-refractivity contribution in [3.8, 4) is 0 Å². The van der Waals surface area contributed by atoms with Gasteiger partial charge >= 0.3 is 0 Å². The first-order chi connectivity index (χ1) is 14.5. The Morgan fingerprint density at radius 3 is 2.30 bits per heavy atom. The molecule has 2 aliphatic heterocycles. The highest BCUT2D eigenvalue weighted by atomic mass is 32.1. The van der Waals surface area contributed by atoms with Gasteiger partial charge in [-0.15, -0.1) is 11.3 Å². The van der Waals surface area contributed by atoms with E-state index in [2.05, 4.69) is 4.90 Å². The van der Waals surface area contributed by atoms with Crippen molar-refractivity contribution in [3.05, 3.63) is 52.2 Å². The van der Waals surface area contributed by atoms with Crippen LogP contribution in [0, 0.1) is 0 Å². The van der Waals surface area contributed by atoms with Crippen molar-refractivity contribution in [1.29, 1.82) is 0 Å². The minimum atomic E-state index is -0.352. The maximum absolute atomic E-state index is 13.3. The highest BCUT2D eigenvalue weighted by Crippen LogP contribution is 2.24. The quantitative estimate of drug-likeness (QED) is 0.706. The zero-order valence-electron chi connectivity index (χ0n) is 17.3. The van der Waals surface area contributed by atoms with Gasteiger partial charge < -0.3 is 14.7 Å². The van der Waals surface area contributed by atoms with Gasteiger partial charge in [0.15, 0.2) is 5.78 Å². The molecule has 7 heteroatoms. The molecule has 158 valence electrons. The molecule has 2 fully saturated rings. The van der Waals surface area contributed by atoms with Gasteiger partial charge in [0.2, 0.25) is 5.91 Å². The second-order valence-corrected chi connectivity index (χ2v) is 8.85. The van der Waals surface area contributed by atoms with Crippen LogP contribution in [0.4, 0.5) is 5.69 Å². The average molecular weight is 426 g/mol. The number of ketones is 1. The second-order valence-electron chi connectivity index (χ2n) is 7.90. The van der Waals surface area contributed by atoms with Crippen LogP contribution in [0.25, 0.3) is 0 Å². The molecular weight excluding hydrogens is 398 g/mol. The number of hydrogen-bond donors (Lipinski definition) is 0. The predicted molar refractivity (Wildman–Crippen MR) is 118 cm³/mol. The standard InChI is InChI=1S/C23H27N3O3S/c1-17(27)18-7-9-19(10-8-18)24-12-14-25(15-13-24)22(28)20-5-2-3-11-26(20)23(29)21-6-4-16-30-21/h4,6-10,16,20H,2-3,5,11-15H2,1H3. The molecule has 1 unspecified atom stereocenters. The number of piperidine rings is 1. The maximum Gasteiger partial charge on any atom is 0.264 e. The summed E-state index contributed by atoms with van der Waals surface area (Å²) in [5.41, 5.74) is 1.78. The molecular formula is C23H27N3O3S. The lowest BCUT2D eigenvalue weighted by Gasteiger charge is -2.41. The van der Waals surface area contributed by atoms with Gasteiger partial charge in [0, 0.05) is 44.0 Å². The molecule has 4 rings (SSSR count). The molecule has 3 heterocycles. The summed E-state index contributed by atoms with van der Waals surface area (Å²) >= 11 is 1.43. The molecule has 30 heavy (non-hydrogen) atoms. The van der Waals surface area contributed by atoms with Gasteiger partial charge in [-0.1, -0.05) is 6.07 Å². The third kappa shape index (κ3) is 4.26. The monoisotopic (exact) mass is 425 g/mol. The summed E-state index contributed by atoms with van der Waals surface area (Å²) in [6.45, 7) is 5.00. The first-order valence-electron chi connectivity index (χ1n) is 10.5. The summed E-state index contributed by atoms with van der Waals surface area (Å²) < 4.78 is 0. The molecule has 0 saturated carbocycles. The Bertz CT molecular complexity index is 902. The third-order valence-corrected chi connectivity index (χ3v) is 6.87. The van der Waals surface area contributed by atoms with Crippen LogP contribution in [-0.2, 0) is 4.79 Å². The zero-order chi connectivity index (χ0) is 21.1. The van der Waals surface area contributed by atoms with E-state index in [1.165, 1.54) is 11.3 Å². The number of nitrogens with zero attached hydrogens (tertiary/aromatic N) is 3. The van der Waals surface area contributed by atoms with Crippen molar-refractivity contribution in [2.24, 2.45) is 0 Å². The minimum Gasteiger partial charge on any atom is -0.368 e. The van der Waals surface area contributed by atoms with Crippen molar-refractivity contribution >= 4 is 34.6 Å². The number of benzene rings is 1. The number of hydrogen-bond acceptors (Lipinski definition) is 5. The van der Waals surface area contributed by atoms with Crippen molar-refractivity contribution in [2.45, 2.75) is 32.2 Å². The van der Waals surface area contributed by atoms with Crippen LogP contribution in [-0.4, -0.2) is 66.2 Å². The van der Waals surface area contributed by atoms with Crippen LogP contribution in [0.15, 0.2) is 41.8 Å². The van der Waals surface area contributed by atoms with E-state index < -0.39 is 0 Å². The van der Waals surface area contributed by atoms with E-state index in [9.17, 15) is 14.4 Å². The van der Waals surface area contributed by atoms with Crippen LogP contribution >= 0.6 is 11.3 Å². The van der Waals surface area contributed by atoms with Gasteiger partial charge in [-0.3, -0.25) is 14.4 Å². The lowest BCUT2D eigenvalue weighted by molar-refractivity contribution is -0.137. The number of piperazine rings is 1. The van der Waals surface area contributed by atoms with E-state index in [-0.39, 0.29) is 23.6 Å². The normalized spacial score (nSPS) is 19.6. The number of Topliss-reactive ketones (excluding diaryl/α,β-unsaturated/α-hetero) is 1. The molecule has 0 N–H and O–H groups in total. The Hall–Kier alpha value is -2.67. The smallest absolute Gasteiger partial charge is 0.264 e. The molecule has 0 bridgehead atoms. The van der Waals surface area contributed by atoms with Crippen LogP contribution in [0.2, 0.25) is 0 Å². The van der Waals surface area contributed by atoms with E-state index in [0.717, 1.165) is 38.0 Å². The first-order valence-corrected chi connectivity index (χ1v) is 11.4. The van der Waals surface area contributed by atoms with Gasteiger partial charge in [0.25, 0.3) is 5.91 Å². The highest BCUT2D eigenvalue weighted by Gasteiger charge is 2.36. The van der Waals surface area contributed by atoms with Gasteiger partial charge in [-0.2, -0.15) is 0 Å². The van der Waals surface area contributed by atoms with Crippen LogP contribution in [0.5, 0.6) is 0 Å². The van der Waals surface area contributed by atoms with Gasteiger partial charge in [0.1, 0.15) is 6.04 Å². The van der Waals surface area contributed by atoms with E-state index in [1.54, 1.807) is 11.8 Å². The fraction of sp³-hybridized carbons (Fsp3) is 0.435. The topological polar surface area (TPSA) is 60.9 Å².